The number of carbonyl (C=O) groups excluding carboxylic acids is 1. The van der Waals surface area contributed by atoms with Gasteiger partial charge in [-0.05, 0) is 0 Å². The highest BCUT2D eigenvalue weighted by Crippen LogP contribution is 2.16. The molecular formula is C9H17NO3. The molecule has 76 valence electrons. The monoisotopic (exact) mass is 187 g/mol. The second kappa shape index (κ2) is 4.58. The molecular weight excluding hydrogens is 170 g/mol. The Bertz CT molecular complexity index is 178. The topological polar surface area (TPSA) is 49.8 Å². The minimum Gasteiger partial charge on any atom is -0.469 e. The van der Waals surface area contributed by atoms with Gasteiger partial charge in [-0.3, -0.25) is 4.79 Å². The van der Waals surface area contributed by atoms with E-state index < -0.39 is 0 Å². The van der Waals surface area contributed by atoms with Gasteiger partial charge in [-0.25, -0.2) is 0 Å². The molecule has 1 aliphatic rings. The fourth-order valence-electron chi connectivity index (χ4n) is 1.60. The first-order valence-electron chi connectivity index (χ1n) is 4.58. The molecule has 1 N–H and O–H groups in total. The molecule has 0 saturated carbocycles. The molecule has 0 spiro atoms. The number of hydrogen-bond donors (Lipinski definition) is 1. The van der Waals surface area contributed by atoms with Gasteiger partial charge in [-0.15, -0.1) is 0 Å². The molecule has 0 radical (unpaired) electrons. The van der Waals surface area contributed by atoms with Gasteiger partial charge in [0.2, 0.25) is 0 Å². The van der Waals surface area contributed by atoms with E-state index >= 15 is 0 Å². The van der Waals surface area contributed by atoms with Crippen LogP contribution in [0, 0.1) is 11.8 Å². The normalized spacial score (nSPS) is 20.8. The van der Waals surface area contributed by atoms with Crippen molar-refractivity contribution >= 4 is 5.97 Å². The molecule has 0 aromatic carbocycles. The average Bonchev–Trinajstić information content (AvgIpc) is 2.08. The van der Waals surface area contributed by atoms with Crippen LogP contribution in [0.25, 0.3) is 0 Å². The lowest BCUT2D eigenvalue weighted by atomic mass is 9.99. The molecule has 0 aliphatic carbocycles. The maximum atomic E-state index is 11.0. The summed E-state index contributed by atoms with van der Waals surface area (Å²) in [6, 6.07) is 0. The Hall–Kier alpha value is -0.610. The number of rotatable bonds is 4. The summed E-state index contributed by atoms with van der Waals surface area (Å²) in [5, 5.41) is 8.77. The quantitative estimate of drug-likeness (QED) is 0.615. The third-order valence-electron chi connectivity index (χ3n) is 2.43. The van der Waals surface area contributed by atoms with E-state index in [0.717, 1.165) is 19.6 Å². The summed E-state index contributed by atoms with van der Waals surface area (Å²) < 4.78 is 4.62. The van der Waals surface area contributed by atoms with E-state index in [9.17, 15) is 4.79 Å². The van der Waals surface area contributed by atoms with E-state index in [1.165, 1.54) is 7.11 Å². The van der Waals surface area contributed by atoms with Crippen LogP contribution in [0.4, 0.5) is 0 Å². The van der Waals surface area contributed by atoms with E-state index in [-0.39, 0.29) is 18.5 Å². The summed E-state index contributed by atoms with van der Waals surface area (Å²) in [4.78, 5) is 13.2. The van der Waals surface area contributed by atoms with Crippen LogP contribution >= 0.6 is 0 Å². The van der Waals surface area contributed by atoms with Gasteiger partial charge in [0.05, 0.1) is 13.0 Å². The molecule has 1 unspecified atom stereocenters. The lowest BCUT2D eigenvalue weighted by Gasteiger charge is -2.39. The first kappa shape index (κ1) is 10.5. The van der Waals surface area contributed by atoms with Gasteiger partial charge in [0.25, 0.3) is 0 Å². The van der Waals surface area contributed by atoms with Gasteiger partial charge >= 0.3 is 5.97 Å². The van der Waals surface area contributed by atoms with Gasteiger partial charge in [0, 0.05) is 32.2 Å². The fraction of sp³-hybridized carbons (Fsp3) is 0.889. The van der Waals surface area contributed by atoms with Crippen LogP contribution < -0.4 is 0 Å². The summed E-state index contributed by atoms with van der Waals surface area (Å²) in [6.07, 6.45) is 0. The molecule has 0 bridgehead atoms. The number of esters is 1. The maximum absolute atomic E-state index is 11.0. The third kappa shape index (κ3) is 2.67. The van der Waals surface area contributed by atoms with Crippen LogP contribution in [0.1, 0.15) is 6.92 Å². The molecule has 1 rings (SSSR count). The fourth-order valence-corrected chi connectivity index (χ4v) is 1.60. The summed E-state index contributed by atoms with van der Waals surface area (Å²) in [5.41, 5.74) is 0. The lowest BCUT2D eigenvalue weighted by Crippen LogP contribution is -2.50. The van der Waals surface area contributed by atoms with Crippen molar-refractivity contribution in [2.45, 2.75) is 6.92 Å². The standard InChI is InChI=1S/C9H17NO3/c1-7(9(12)13-2)3-10-4-8(5-10)6-11/h7-8,11H,3-6H2,1-2H3. The predicted molar refractivity (Wildman–Crippen MR) is 48.2 cm³/mol. The average molecular weight is 187 g/mol. The van der Waals surface area contributed by atoms with Crippen LogP contribution in [0.15, 0.2) is 0 Å². The van der Waals surface area contributed by atoms with E-state index in [2.05, 4.69) is 9.64 Å². The Morgan fingerprint density at radius 3 is 2.77 bits per heavy atom. The Balaban J connectivity index is 2.16. The van der Waals surface area contributed by atoms with Crippen LogP contribution in [0.2, 0.25) is 0 Å². The van der Waals surface area contributed by atoms with Crippen LogP contribution in [-0.2, 0) is 9.53 Å². The van der Waals surface area contributed by atoms with Crippen LogP contribution in [0.5, 0.6) is 0 Å². The molecule has 1 fully saturated rings. The number of hydrogen-bond acceptors (Lipinski definition) is 4. The van der Waals surface area contributed by atoms with Crippen LogP contribution in [0.3, 0.4) is 0 Å². The van der Waals surface area contributed by atoms with E-state index in [0.29, 0.717) is 5.92 Å². The third-order valence-corrected chi connectivity index (χ3v) is 2.43. The maximum Gasteiger partial charge on any atom is 0.309 e. The van der Waals surface area contributed by atoms with Gasteiger partial charge in [0.1, 0.15) is 0 Å². The SMILES string of the molecule is COC(=O)C(C)CN1CC(CO)C1. The lowest BCUT2D eigenvalue weighted by molar-refractivity contribution is -0.146. The Morgan fingerprint density at radius 1 is 1.69 bits per heavy atom. The van der Waals surface area contributed by atoms with Gasteiger partial charge in [-0.1, -0.05) is 6.92 Å². The molecule has 4 nitrogen and oxygen atoms in total. The summed E-state index contributed by atoms with van der Waals surface area (Å²) in [7, 11) is 1.41. The molecule has 0 aromatic rings. The zero-order chi connectivity index (χ0) is 9.84. The second-order valence-corrected chi connectivity index (χ2v) is 3.69. The Kier molecular flexibility index (Phi) is 3.69. The number of methoxy groups -OCH3 is 1. The van der Waals surface area contributed by atoms with E-state index in [1.807, 2.05) is 6.92 Å². The largest absolute Gasteiger partial charge is 0.469 e. The number of carbonyl (C=O) groups is 1. The molecule has 1 aliphatic heterocycles. The first-order chi connectivity index (χ1) is 6.17. The van der Waals surface area contributed by atoms with Crippen molar-refractivity contribution in [1.29, 1.82) is 0 Å². The minimum atomic E-state index is -0.160. The van der Waals surface area contributed by atoms with Crippen molar-refractivity contribution in [3.8, 4) is 0 Å². The van der Waals surface area contributed by atoms with Crippen molar-refractivity contribution < 1.29 is 14.6 Å². The minimum absolute atomic E-state index is 0.0651. The Labute approximate surface area is 78.5 Å². The molecule has 1 saturated heterocycles. The number of aliphatic hydroxyl groups excluding tert-OH is 1. The molecule has 1 heterocycles. The number of ether oxygens (including phenoxy) is 1. The number of likely N-dealkylation sites (tertiary alicyclic amines) is 1. The smallest absolute Gasteiger partial charge is 0.309 e. The van der Waals surface area contributed by atoms with E-state index in [1.54, 1.807) is 0 Å². The molecule has 0 amide bonds. The highest BCUT2D eigenvalue weighted by molar-refractivity contribution is 5.72. The van der Waals surface area contributed by atoms with Crippen molar-refractivity contribution in [2.75, 3.05) is 33.4 Å². The van der Waals surface area contributed by atoms with Crippen molar-refractivity contribution in [3.63, 3.8) is 0 Å². The zero-order valence-electron chi connectivity index (χ0n) is 8.19. The van der Waals surface area contributed by atoms with Crippen molar-refractivity contribution in [3.05, 3.63) is 0 Å². The summed E-state index contributed by atoms with van der Waals surface area (Å²) >= 11 is 0. The number of aliphatic hydroxyl groups is 1. The first-order valence-corrected chi connectivity index (χ1v) is 4.58. The second-order valence-electron chi connectivity index (χ2n) is 3.69. The van der Waals surface area contributed by atoms with Crippen molar-refractivity contribution in [2.24, 2.45) is 11.8 Å². The van der Waals surface area contributed by atoms with E-state index in [4.69, 9.17) is 5.11 Å². The molecule has 0 aromatic heterocycles. The van der Waals surface area contributed by atoms with Gasteiger partial charge < -0.3 is 14.7 Å². The van der Waals surface area contributed by atoms with Gasteiger partial charge in [-0.2, -0.15) is 0 Å². The number of nitrogens with zero attached hydrogens (tertiary/aromatic N) is 1. The van der Waals surface area contributed by atoms with Crippen LogP contribution in [-0.4, -0.2) is 49.3 Å². The Morgan fingerprint density at radius 2 is 2.31 bits per heavy atom. The molecule has 1 atom stereocenters. The summed E-state index contributed by atoms with van der Waals surface area (Å²) in [5.74, 6) is 0.182. The predicted octanol–water partition coefficient (Wildman–Crippen LogP) is -0.280. The zero-order valence-corrected chi connectivity index (χ0v) is 8.19. The van der Waals surface area contributed by atoms with Gasteiger partial charge in [0.15, 0.2) is 0 Å². The highest BCUT2D eigenvalue weighted by Gasteiger charge is 2.28. The summed E-state index contributed by atoms with van der Waals surface area (Å²) in [6.45, 7) is 4.65. The molecule has 13 heavy (non-hydrogen) atoms. The molecule has 4 heteroatoms. The highest BCUT2D eigenvalue weighted by atomic mass is 16.5. The van der Waals surface area contributed by atoms with Crippen molar-refractivity contribution in [1.82, 2.24) is 4.90 Å².